The molecule has 5 rings (SSSR count). The zero-order chi connectivity index (χ0) is 24.0. The van der Waals surface area contributed by atoms with Gasteiger partial charge in [0.05, 0.1) is 11.6 Å². The van der Waals surface area contributed by atoms with Crippen LogP contribution in [0.15, 0.2) is 91.0 Å². The molecule has 1 unspecified atom stereocenters. The molecule has 0 aliphatic carbocycles. The van der Waals surface area contributed by atoms with Crippen LogP contribution < -0.4 is 15.0 Å². The van der Waals surface area contributed by atoms with Gasteiger partial charge < -0.3 is 15.0 Å². The molecule has 1 N–H and O–H groups in total. The van der Waals surface area contributed by atoms with Crippen LogP contribution in [0.2, 0.25) is 0 Å². The Labute approximate surface area is 205 Å². The van der Waals surface area contributed by atoms with Crippen molar-refractivity contribution in [2.24, 2.45) is 5.92 Å². The molecule has 176 valence electrons. The number of aryl methyl sites for hydroxylation is 1. The van der Waals surface area contributed by atoms with Crippen LogP contribution >= 0.6 is 0 Å². The van der Waals surface area contributed by atoms with Crippen molar-refractivity contribution in [3.63, 3.8) is 0 Å². The van der Waals surface area contributed by atoms with Gasteiger partial charge in [-0.25, -0.2) is 0 Å². The molecule has 6 heteroatoms. The number of nitrogens with one attached hydrogen (secondary N) is 1. The van der Waals surface area contributed by atoms with Crippen LogP contribution in [0.1, 0.15) is 18.4 Å². The van der Waals surface area contributed by atoms with Gasteiger partial charge >= 0.3 is 0 Å². The number of ether oxygens (including phenoxy) is 1. The van der Waals surface area contributed by atoms with E-state index in [4.69, 9.17) is 4.74 Å². The second-order valence-corrected chi connectivity index (χ2v) is 8.86. The van der Waals surface area contributed by atoms with Crippen molar-refractivity contribution < 1.29 is 9.53 Å². The normalized spacial score (nSPS) is 15.5. The molecule has 1 fully saturated rings. The molecule has 1 aromatic heterocycles. The Morgan fingerprint density at radius 1 is 0.886 bits per heavy atom. The maximum absolute atomic E-state index is 13.0. The molecule has 1 aliphatic heterocycles. The number of aromatic nitrogens is 2. The number of benzene rings is 3. The number of para-hydroxylation sites is 1. The van der Waals surface area contributed by atoms with E-state index in [1.165, 1.54) is 5.56 Å². The SMILES string of the molecule is Cc1ccc(-c2ccc(N3CCCC(C(=O)Nc4ccc(Oc5ccccc5)cc4)C3)nn2)cc1. The van der Waals surface area contributed by atoms with Gasteiger partial charge in [-0.3, -0.25) is 4.79 Å². The van der Waals surface area contributed by atoms with Gasteiger partial charge in [-0.2, -0.15) is 0 Å². The quantitative estimate of drug-likeness (QED) is 0.373. The van der Waals surface area contributed by atoms with Crippen molar-refractivity contribution in [2.75, 3.05) is 23.3 Å². The minimum atomic E-state index is -0.109. The Morgan fingerprint density at radius 3 is 2.34 bits per heavy atom. The molecule has 35 heavy (non-hydrogen) atoms. The van der Waals surface area contributed by atoms with Crippen LogP contribution in [0, 0.1) is 12.8 Å². The number of piperidine rings is 1. The van der Waals surface area contributed by atoms with E-state index in [1.54, 1.807) is 0 Å². The molecule has 0 bridgehead atoms. The molecule has 2 heterocycles. The zero-order valence-electron chi connectivity index (χ0n) is 19.7. The maximum atomic E-state index is 13.0. The molecule has 6 nitrogen and oxygen atoms in total. The van der Waals surface area contributed by atoms with Gasteiger partial charge in [-0.05, 0) is 68.3 Å². The van der Waals surface area contributed by atoms with Crippen molar-refractivity contribution in [1.82, 2.24) is 10.2 Å². The van der Waals surface area contributed by atoms with Crippen molar-refractivity contribution in [1.29, 1.82) is 0 Å². The minimum Gasteiger partial charge on any atom is -0.457 e. The lowest BCUT2D eigenvalue weighted by atomic mass is 9.97. The summed E-state index contributed by atoms with van der Waals surface area (Å²) in [6.45, 7) is 3.56. The highest BCUT2D eigenvalue weighted by atomic mass is 16.5. The fraction of sp³-hybridized carbons (Fsp3) is 0.207. The maximum Gasteiger partial charge on any atom is 0.229 e. The first kappa shape index (κ1) is 22.6. The molecule has 0 spiro atoms. The van der Waals surface area contributed by atoms with E-state index < -0.39 is 0 Å². The van der Waals surface area contributed by atoms with Crippen LogP contribution in [0.4, 0.5) is 11.5 Å². The fourth-order valence-corrected chi connectivity index (χ4v) is 4.25. The Bertz CT molecular complexity index is 1260. The molecule has 1 saturated heterocycles. The molecule has 3 aromatic carbocycles. The smallest absolute Gasteiger partial charge is 0.229 e. The number of carbonyl (C=O) groups is 1. The molecule has 0 saturated carbocycles. The van der Waals surface area contributed by atoms with E-state index in [9.17, 15) is 4.79 Å². The molecule has 1 aliphatic rings. The summed E-state index contributed by atoms with van der Waals surface area (Å²) in [7, 11) is 0. The molecule has 1 amide bonds. The predicted octanol–water partition coefficient (Wildman–Crippen LogP) is 6.10. The summed E-state index contributed by atoms with van der Waals surface area (Å²) in [5, 5.41) is 11.9. The zero-order valence-corrected chi connectivity index (χ0v) is 19.7. The molecule has 1 atom stereocenters. The highest BCUT2D eigenvalue weighted by Crippen LogP contribution is 2.26. The third-order valence-corrected chi connectivity index (χ3v) is 6.21. The van der Waals surface area contributed by atoms with Crippen molar-refractivity contribution in [3.8, 4) is 22.8 Å². The first-order chi connectivity index (χ1) is 17.1. The Morgan fingerprint density at radius 2 is 1.63 bits per heavy atom. The number of rotatable bonds is 6. The van der Waals surface area contributed by atoms with E-state index in [0.717, 1.165) is 53.6 Å². The second kappa shape index (κ2) is 10.4. The number of hydrogen-bond donors (Lipinski definition) is 1. The number of amides is 1. The van der Waals surface area contributed by atoms with Gasteiger partial charge in [0.2, 0.25) is 5.91 Å². The van der Waals surface area contributed by atoms with Crippen LogP contribution in [0.3, 0.4) is 0 Å². The highest BCUT2D eigenvalue weighted by Gasteiger charge is 2.27. The van der Waals surface area contributed by atoms with Crippen LogP contribution in [-0.4, -0.2) is 29.2 Å². The average Bonchev–Trinajstić information content (AvgIpc) is 2.91. The Balaban J connectivity index is 1.18. The van der Waals surface area contributed by atoms with E-state index in [2.05, 4.69) is 51.6 Å². The van der Waals surface area contributed by atoms with Crippen LogP contribution in [0.5, 0.6) is 11.5 Å². The van der Waals surface area contributed by atoms with Gasteiger partial charge in [0, 0.05) is 24.3 Å². The largest absolute Gasteiger partial charge is 0.457 e. The lowest BCUT2D eigenvalue weighted by Crippen LogP contribution is -2.41. The van der Waals surface area contributed by atoms with Crippen LogP contribution in [-0.2, 0) is 4.79 Å². The summed E-state index contributed by atoms with van der Waals surface area (Å²) < 4.78 is 5.83. The minimum absolute atomic E-state index is 0.0238. The monoisotopic (exact) mass is 464 g/mol. The fourth-order valence-electron chi connectivity index (χ4n) is 4.25. The van der Waals surface area contributed by atoms with Gasteiger partial charge in [-0.15, -0.1) is 10.2 Å². The van der Waals surface area contributed by atoms with Crippen molar-refractivity contribution in [2.45, 2.75) is 19.8 Å². The first-order valence-electron chi connectivity index (χ1n) is 11.9. The van der Waals surface area contributed by atoms with Crippen LogP contribution in [0.25, 0.3) is 11.3 Å². The molecular formula is C29H28N4O2. The van der Waals surface area contributed by atoms with E-state index in [0.29, 0.717) is 6.54 Å². The number of carbonyl (C=O) groups excluding carboxylic acids is 1. The lowest BCUT2D eigenvalue weighted by molar-refractivity contribution is -0.120. The lowest BCUT2D eigenvalue weighted by Gasteiger charge is -2.32. The summed E-state index contributed by atoms with van der Waals surface area (Å²) >= 11 is 0. The van der Waals surface area contributed by atoms with Crippen molar-refractivity contribution in [3.05, 3.63) is 96.6 Å². The third-order valence-electron chi connectivity index (χ3n) is 6.21. The van der Waals surface area contributed by atoms with Gasteiger partial charge in [-0.1, -0.05) is 48.0 Å². The summed E-state index contributed by atoms with van der Waals surface area (Å²) in [6, 6.07) is 29.3. The molecule has 4 aromatic rings. The Kier molecular flexibility index (Phi) is 6.70. The molecular weight excluding hydrogens is 436 g/mol. The molecule has 0 radical (unpaired) electrons. The van der Waals surface area contributed by atoms with Crippen molar-refractivity contribution >= 4 is 17.4 Å². The second-order valence-electron chi connectivity index (χ2n) is 8.86. The summed E-state index contributed by atoms with van der Waals surface area (Å²) in [5.41, 5.74) is 3.87. The average molecular weight is 465 g/mol. The number of nitrogens with zero attached hydrogens (tertiary/aromatic N) is 3. The van der Waals surface area contributed by atoms with E-state index >= 15 is 0 Å². The topological polar surface area (TPSA) is 67.4 Å². The highest BCUT2D eigenvalue weighted by molar-refractivity contribution is 5.93. The predicted molar refractivity (Wildman–Crippen MR) is 139 cm³/mol. The van der Waals surface area contributed by atoms with Gasteiger partial charge in [0.25, 0.3) is 0 Å². The number of anilines is 2. The van der Waals surface area contributed by atoms with E-state index in [1.807, 2.05) is 66.7 Å². The Hall–Kier alpha value is -4.19. The summed E-state index contributed by atoms with van der Waals surface area (Å²) in [4.78, 5) is 15.1. The summed E-state index contributed by atoms with van der Waals surface area (Å²) in [5.74, 6) is 2.23. The number of hydrogen-bond acceptors (Lipinski definition) is 5. The third kappa shape index (κ3) is 5.66. The van der Waals surface area contributed by atoms with Gasteiger partial charge in [0.15, 0.2) is 5.82 Å². The first-order valence-corrected chi connectivity index (χ1v) is 11.9. The van der Waals surface area contributed by atoms with Gasteiger partial charge in [0.1, 0.15) is 11.5 Å². The standard InChI is InChI=1S/C29H28N4O2/c1-21-9-11-22(12-10-21)27-17-18-28(32-31-27)33-19-5-6-23(20-33)29(34)30-24-13-15-26(16-14-24)35-25-7-3-2-4-8-25/h2-4,7-18,23H,5-6,19-20H2,1H3,(H,30,34). The summed E-state index contributed by atoms with van der Waals surface area (Å²) in [6.07, 6.45) is 1.79. The van der Waals surface area contributed by atoms with E-state index in [-0.39, 0.29) is 11.8 Å².